The van der Waals surface area contributed by atoms with Crippen LogP contribution in [0.1, 0.15) is 52.5 Å². The van der Waals surface area contributed by atoms with Crippen molar-refractivity contribution in [2.75, 3.05) is 24.9 Å². The number of fused-ring (bicyclic) bond motifs is 1. The maximum Gasteiger partial charge on any atom is 0.227 e. The quantitative estimate of drug-likeness (QED) is 0.500. The monoisotopic (exact) mass is 440 g/mol. The molecule has 172 valence electrons. The van der Waals surface area contributed by atoms with Gasteiger partial charge in [-0.25, -0.2) is 4.98 Å². The van der Waals surface area contributed by atoms with Crippen LogP contribution in [0.4, 0.5) is 17.5 Å². The molecule has 9 heteroatoms. The van der Waals surface area contributed by atoms with Gasteiger partial charge in [0.05, 0.1) is 26.1 Å². The Kier molecular flexibility index (Phi) is 6.10. The van der Waals surface area contributed by atoms with Crippen molar-refractivity contribution in [1.82, 2.24) is 19.5 Å². The number of nitrogens with one attached hydrogen (secondary N) is 2. The zero-order valence-electron chi connectivity index (χ0n) is 19.3. The number of methoxy groups -OCH3 is 2. The Morgan fingerprint density at radius 3 is 2.34 bits per heavy atom. The number of aliphatic hydroxyl groups is 1. The molecule has 1 aliphatic carbocycles. The Morgan fingerprint density at radius 2 is 1.75 bits per heavy atom. The lowest BCUT2D eigenvalue weighted by Gasteiger charge is -2.33. The topological polar surface area (TPSA) is 106 Å². The molecule has 3 aromatic rings. The summed E-state index contributed by atoms with van der Waals surface area (Å²) >= 11 is 0. The minimum absolute atomic E-state index is 0.206. The predicted octanol–water partition coefficient (Wildman–Crippen LogP) is 4.27. The van der Waals surface area contributed by atoms with Gasteiger partial charge in [0.15, 0.2) is 17.0 Å². The van der Waals surface area contributed by atoms with Crippen LogP contribution in [-0.4, -0.2) is 50.5 Å². The van der Waals surface area contributed by atoms with Crippen LogP contribution in [0.2, 0.25) is 0 Å². The van der Waals surface area contributed by atoms with Crippen LogP contribution >= 0.6 is 0 Å². The molecular formula is C23H32N6O3. The Bertz CT molecular complexity index is 1060. The van der Waals surface area contributed by atoms with Crippen molar-refractivity contribution < 1.29 is 14.6 Å². The first-order valence-electron chi connectivity index (χ1n) is 11.0. The molecule has 9 nitrogen and oxygen atoms in total. The van der Waals surface area contributed by atoms with Crippen LogP contribution in [0, 0.1) is 0 Å². The van der Waals surface area contributed by atoms with Gasteiger partial charge in [-0.1, -0.05) is 0 Å². The van der Waals surface area contributed by atoms with Crippen molar-refractivity contribution in [3.8, 4) is 11.5 Å². The molecule has 0 unspecified atom stereocenters. The summed E-state index contributed by atoms with van der Waals surface area (Å²) in [6, 6.07) is 6.00. The average Bonchev–Trinajstić information content (AvgIpc) is 3.19. The van der Waals surface area contributed by atoms with Gasteiger partial charge in [-0.2, -0.15) is 9.97 Å². The van der Waals surface area contributed by atoms with Gasteiger partial charge in [0.2, 0.25) is 5.95 Å². The molecule has 1 aromatic carbocycles. The highest BCUT2D eigenvalue weighted by Gasteiger charge is 2.29. The Morgan fingerprint density at radius 1 is 1.09 bits per heavy atom. The van der Waals surface area contributed by atoms with Gasteiger partial charge in [0.1, 0.15) is 11.5 Å². The lowest BCUT2D eigenvalue weighted by molar-refractivity contribution is 0.0196. The first-order chi connectivity index (χ1) is 15.3. The van der Waals surface area contributed by atoms with E-state index in [9.17, 15) is 5.11 Å². The normalized spacial score (nSPS) is 21.0. The van der Waals surface area contributed by atoms with E-state index in [0.717, 1.165) is 37.0 Å². The summed E-state index contributed by atoms with van der Waals surface area (Å²) in [5.74, 6) is 2.51. The number of rotatable bonds is 7. The van der Waals surface area contributed by atoms with E-state index < -0.39 is 5.60 Å². The number of hydrogen-bond acceptors (Lipinski definition) is 8. The second kappa shape index (κ2) is 8.82. The lowest BCUT2D eigenvalue weighted by atomic mass is 9.84. The Labute approximate surface area is 188 Å². The zero-order valence-corrected chi connectivity index (χ0v) is 19.3. The summed E-state index contributed by atoms with van der Waals surface area (Å²) < 4.78 is 12.8. The highest BCUT2D eigenvalue weighted by Crippen LogP contribution is 2.32. The maximum absolute atomic E-state index is 10.3. The van der Waals surface area contributed by atoms with Gasteiger partial charge in [0, 0.05) is 36.0 Å². The molecule has 0 saturated heterocycles. The fourth-order valence-corrected chi connectivity index (χ4v) is 4.03. The molecule has 0 atom stereocenters. The summed E-state index contributed by atoms with van der Waals surface area (Å²) in [5, 5.41) is 17.1. The van der Waals surface area contributed by atoms with Crippen LogP contribution < -0.4 is 20.1 Å². The second-order valence-corrected chi connectivity index (χ2v) is 8.96. The fraction of sp³-hybridized carbons (Fsp3) is 0.522. The summed E-state index contributed by atoms with van der Waals surface area (Å²) in [6.45, 7) is 6.09. The Hall–Kier alpha value is -3.07. The third kappa shape index (κ3) is 4.72. The van der Waals surface area contributed by atoms with Crippen LogP contribution in [0.15, 0.2) is 24.5 Å². The van der Waals surface area contributed by atoms with E-state index in [4.69, 9.17) is 19.4 Å². The number of imidazole rings is 1. The van der Waals surface area contributed by atoms with Gasteiger partial charge in [-0.3, -0.25) is 0 Å². The van der Waals surface area contributed by atoms with Crippen LogP contribution in [0.3, 0.4) is 0 Å². The van der Waals surface area contributed by atoms with E-state index in [1.54, 1.807) is 20.5 Å². The average molecular weight is 441 g/mol. The third-order valence-corrected chi connectivity index (χ3v) is 5.99. The standard InChI is InChI=1S/C23H32N6O3/c1-14(2)29-13-24-19-20(25-16-10-17(31-4)12-18(11-16)32-5)27-22(28-21(19)29)26-15-6-8-23(3,30)9-7-15/h10-15,30H,6-9H2,1-5H3,(H2,25,26,27,28). The number of ether oxygens (including phenoxy) is 2. The predicted molar refractivity (Wildman–Crippen MR) is 125 cm³/mol. The molecular weight excluding hydrogens is 408 g/mol. The lowest BCUT2D eigenvalue weighted by Crippen LogP contribution is -2.36. The van der Waals surface area contributed by atoms with Gasteiger partial charge in [-0.15, -0.1) is 0 Å². The molecule has 4 rings (SSSR count). The number of hydrogen-bond donors (Lipinski definition) is 3. The number of anilines is 3. The SMILES string of the molecule is COc1cc(Nc2nc(NC3CCC(C)(O)CC3)nc3c2ncn3C(C)C)cc(OC)c1. The van der Waals surface area contributed by atoms with Gasteiger partial charge in [-0.05, 0) is 46.5 Å². The molecule has 0 radical (unpaired) electrons. The summed E-state index contributed by atoms with van der Waals surface area (Å²) in [4.78, 5) is 14.1. The van der Waals surface area contributed by atoms with Crippen molar-refractivity contribution >= 4 is 28.6 Å². The van der Waals surface area contributed by atoms with Crippen molar-refractivity contribution in [2.45, 2.75) is 64.1 Å². The fourth-order valence-electron chi connectivity index (χ4n) is 4.03. The highest BCUT2D eigenvalue weighted by atomic mass is 16.5. The van der Waals surface area contributed by atoms with E-state index in [-0.39, 0.29) is 12.1 Å². The minimum Gasteiger partial charge on any atom is -0.497 e. The summed E-state index contributed by atoms with van der Waals surface area (Å²) in [6.07, 6.45) is 5.04. The molecule has 32 heavy (non-hydrogen) atoms. The smallest absolute Gasteiger partial charge is 0.227 e. The minimum atomic E-state index is -0.586. The van der Waals surface area contributed by atoms with Crippen LogP contribution in [-0.2, 0) is 0 Å². The summed E-state index contributed by atoms with van der Waals surface area (Å²) in [7, 11) is 3.24. The molecule has 2 heterocycles. The molecule has 2 aromatic heterocycles. The van der Waals surface area contributed by atoms with E-state index >= 15 is 0 Å². The first-order valence-corrected chi connectivity index (χ1v) is 11.0. The van der Waals surface area contributed by atoms with Crippen molar-refractivity contribution in [1.29, 1.82) is 0 Å². The van der Waals surface area contributed by atoms with Crippen molar-refractivity contribution in [2.24, 2.45) is 0 Å². The third-order valence-electron chi connectivity index (χ3n) is 5.99. The van der Waals surface area contributed by atoms with Crippen molar-refractivity contribution in [3.05, 3.63) is 24.5 Å². The van der Waals surface area contributed by atoms with Crippen molar-refractivity contribution in [3.63, 3.8) is 0 Å². The molecule has 0 amide bonds. The van der Waals surface area contributed by atoms with Gasteiger partial charge >= 0.3 is 0 Å². The highest BCUT2D eigenvalue weighted by molar-refractivity contribution is 5.87. The van der Waals surface area contributed by atoms with E-state index in [0.29, 0.717) is 28.8 Å². The zero-order chi connectivity index (χ0) is 22.9. The summed E-state index contributed by atoms with van der Waals surface area (Å²) in [5.41, 5.74) is 1.65. The molecule has 0 bridgehead atoms. The number of benzene rings is 1. The second-order valence-electron chi connectivity index (χ2n) is 8.96. The Balaban J connectivity index is 1.70. The van der Waals surface area contributed by atoms with E-state index in [1.807, 2.05) is 29.7 Å². The first kappa shape index (κ1) is 22.1. The van der Waals surface area contributed by atoms with Crippen LogP contribution in [0.25, 0.3) is 11.2 Å². The molecule has 1 saturated carbocycles. The molecule has 3 N–H and O–H groups in total. The molecule has 0 aliphatic heterocycles. The van der Waals surface area contributed by atoms with E-state index in [1.165, 1.54) is 0 Å². The van der Waals surface area contributed by atoms with Crippen LogP contribution in [0.5, 0.6) is 11.5 Å². The van der Waals surface area contributed by atoms with Gasteiger partial charge < -0.3 is 29.8 Å². The molecule has 1 aliphatic rings. The maximum atomic E-state index is 10.3. The number of nitrogens with zero attached hydrogens (tertiary/aromatic N) is 4. The molecule has 1 fully saturated rings. The van der Waals surface area contributed by atoms with E-state index in [2.05, 4.69) is 29.5 Å². The van der Waals surface area contributed by atoms with Gasteiger partial charge in [0.25, 0.3) is 0 Å². The number of aromatic nitrogens is 4. The largest absolute Gasteiger partial charge is 0.497 e. The molecule has 0 spiro atoms.